The van der Waals surface area contributed by atoms with Gasteiger partial charge < -0.3 is 5.73 Å². The van der Waals surface area contributed by atoms with E-state index in [2.05, 4.69) is 18.8 Å². The Bertz CT molecular complexity index is 315. The standard InChI is InChI=1S/C11H18N2S/c1-3-9-7(2)14-11(13-9)10(12)8-5-4-6-8/h8,10H,3-6,12H2,1-2H3. The number of hydrogen-bond acceptors (Lipinski definition) is 3. The third-order valence-corrected chi connectivity index (χ3v) is 4.30. The van der Waals surface area contributed by atoms with Crippen LogP contribution in [0.4, 0.5) is 0 Å². The smallest absolute Gasteiger partial charge is 0.110 e. The molecule has 1 aliphatic carbocycles. The predicted molar refractivity (Wildman–Crippen MR) is 60.5 cm³/mol. The van der Waals surface area contributed by atoms with Crippen LogP contribution in [0.5, 0.6) is 0 Å². The molecule has 0 spiro atoms. The lowest BCUT2D eigenvalue weighted by Crippen LogP contribution is -2.26. The molecule has 2 N–H and O–H groups in total. The average molecular weight is 210 g/mol. The van der Waals surface area contributed by atoms with E-state index >= 15 is 0 Å². The lowest BCUT2D eigenvalue weighted by atomic mass is 9.80. The number of hydrogen-bond donors (Lipinski definition) is 1. The fourth-order valence-electron chi connectivity index (χ4n) is 1.92. The summed E-state index contributed by atoms with van der Waals surface area (Å²) >= 11 is 1.79. The molecule has 78 valence electrons. The quantitative estimate of drug-likeness (QED) is 0.833. The Morgan fingerprint density at radius 3 is 2.71 bits per heavy atom. The number of thiazole rings is 1. The fourth-order valence-corrected chi connectivity index (χ4v) is 3.03. The molecule has 0 saturated heterocycles. The van der Waals surface area contributed by atoms with Crippen molar-refractivity contribution < 1.29 is 0 Å². The Labute approximate surface area is 89.5 Å². The SMILES string of the molecule is CCc1nc(C(N)C2CCC2)sc1C. The summed E-state index contributed by atoms with van der Waals surface area (Å²) in [6, 6.07) is 0.202. The maximum absolute atomic E-state index is 6.19. The van der Waals surface area contributed by atoms with Gasteiger partial charge in [-0.15, -0.1) is 11.3 Å². The minimum atomic E-state index is 0.202. The van der Waals surface area contributed by atoms with Gasteiger partial charge >= 0.3 is 0 Å². The normalized spacial score (nSPS) is 19.4. The molecule has 1 unspecified atom stereocenters. The van der Waals surface area contributed by atoms with E-state index in [9.17, 15) is 0 Å². The van der Waals surface area contributed by atoms with Gasteiger partial charge in [-0.05, 0) is 32.1 Å². The molecule has 0 aliphatic heterocycles. The van der Waals surface area contributed by atoms with Crippen molar-refractivity contribution in [1.29, 1.82) is 0 Å². The van der Waals surface area contributed by atoms with Gasteiger partial charge in [-0.2, -0.15) is 0 Å². The molecule has 1 aromatic heterocycles. The maximum atomic E-state index is 6.19. The first-order valence-electron chi connectivity index (χ1n) is 5.44. The topological polar surface area (TPSA) is 38.9 Å². The Morgan fingerprint density at radius 1 is 1.57 bits per heavy atom. The molecule has 2 rings (SSSR count). The van der Waals surface area contributed by atoms with E-state index < -0.39 is 0 Å². The zero-order valence-electron chi connectivity index (χ0n) is 8.92. The molecule has 0 radical (unpaired) electrons. The average Bonchev–Trinajstić information content (AvgIpc) is 2.43. The van der Waals surface area contributed by atoms with Gasteiger partial charge in [-0.25, -0.2) is 4.98 Å². The summed E-state index contributed by atoms with van der Waals surface area (Å²) in [7, 11) is 0. The van der Waals surface area contributed by atoms with Gasteiger partial charge in [-0.3, -0.25) is 0 Å². The van der Waals surface area contributed by atoms with Gasteiger partial charge in [0.25, 0.3) is 0 Å². The highest BCUT2D eigenvalue weighted by Crippen LogP contribution is 2.37. The molecule has 0 amide bonds. The highest BCUT2D eigenvalue weighted by atomic mass is 32.1. The zero-order valence-corrected chi connectivity index (χ0v) is 9.73. The minimum Gasteiger partial charge on any atom is -0.322 e. The summed E-state index contributed by atoms with van der Waals surface area (Å²) in [6.45, 7) is 4.30. The summed E-state index contributed by atoms with van der Waals surface area (Å²) in [4.78, 5) is 5.97. The second-order valence-corrected chi connectivity index (χ2v) is 5.36. The third kappa shape index (κ3) is 1.71. The van der Waals surface area contributed by atoms with Crippen molar-refractivity contribution in [2.75, 3.05) is 0 Å². The van der Waals surface area contributed by atoms with Gasteiger partial charge in [-0.1, -0.05) is 13.3 Å². The molecular formula is C11H18N2S. The molecule has 1 aromatic rings. The van der Waals surface area contributed by atoms with Crippen LogP contribution in [0.15, 0.2) is 0 Å². The molecule has 3 heteroatoms. The zero-order chi connectivity index (χ0) is 10.1. The highest BCUT2D eigenvalue weighted by molar-refractivity contribution is 7.11. The molecular weight excluding hydrogens is 192 g/mol. The van der Waals surface area contributed by atoms with Gasteiger partial charge in [0, 0.05) is 4.88 Å². The van der Waals surface area contributed by atoms with Crippen LogP contribution in [0.3, 0.4) is 0 Å². The Hall–Kier alpha value is -0.410. The maximum Gasteiger partial charge on any atom is 0.110 e. The van der Waals surface area contributed by atoms with Crippen LogP contribution in [-0.4, -0.2) is 4.98 Å². The van der Waals surface area contributed by atoms with E-state index in [1.807, 2.05) is 0 Å². The molecule has 1 fully saturated rings. The molecule has 1 heterocycles. The summed E-state index contributed by atoms with van der Waals surface area (Å²) in [5.41, 5.74) is 7.42. The number of rotatable bonds is 3. The van der Waals surface area contributed by atoms with E-state index in [4.69, 9.17) is 5.73 Å². The monoisotopic (exact) mass is 210 g/mol. The summed E-state index contributed by atoms with van der Waals surface area (Å²) < 4.78 is 0. The van der Waals surface area contributed by atoms with Crippen molar-refractivity contribution in [3.05, 3.63) is 15.6 Å². The van der Waals surface area contributed by atoms with Crippen LogP contribution in [0, 0.1) is 12.8 Å². The number of nitrogens with two attached hydrogens (primary N) is 1. The Morgan fingerprint density at radius 2 is 2.29 bits per heavy atom. The first kappa shape index (κ1) is 10.1. The van der Waals surface area contributed by atoms with E-state index in [1.165, 1.54) is 29.8 Å². The fraction of sp³-hybridized carbons (Fsp3) is 0.727. The number of aromatic nitrogens is 1. The molecule has 0 aromatic carbocycles. The van der Waals surface area contributed by atoms with Crippen LogP contribution in [0.25, 0.3) is 0 Å². The van der Waals surface area contributed by atoms with Crippen molar-refractivity contribution in [3.63, 3.8) is 0 Å². The Balaban J connectivity index is 2.14. The van der Waals surface area contributed by atoms with Crippen LogP contribution in [0.1, 0.15) is 47.8 Å². The first-order valence-corrected chi connectivity index (χ1v) is 6.25. The number of nitrogens with zero attached hydrogens (tertiary/aromatic N) is 1. The summed E-state index contributed by atoms with van der Waals surface area (Å²) in [6.07, 6.45) is 4.96. The largest absolute Gasteiger partial charge is 0.322 e. The molecule has 1 aliphatic rings. The van der Waals surface area contributed by atoms with Gasteiger partial charge in [0.15, 0.2) is 0 Å². The van der Waals surface area contributed by atoms with E-state index in [0.29, 0.717) is 5.92 Å². The molecule has 1 atom stereocenters. The first-order chi connectivity index (χ1) is 6.72. The summed E-state index contributed by atoms with van der Waals surface area (Å²) in [5, 5.41) is 1.16. The molecule has 14 heavy (non-hydrogen) atoms. The molecule has 2 nitrogen and oxygen atoms in total. The highest BCUT2D eigenvalue weighted by Gasteiger charge is 2.27. The third-order valence-electron chi connectivity index (χ3n) is 3.19. The second-order valence-electron chi connectivity index (χ2n) is 4.13. The van der Waals surface area contributed by atoms with E-state index in [-0.39, 0.29) is 6.04 Å². The van der Waals surface area contributed by atoms with Crippen molar-refractivity contribution >= 4 is 11.3 Å². The van der Waals surface area contributed by atoms with Crippen LogP contribution >= 0.6 is 11.3 Å². The Kier molecular flexibility index (Phi) is 2.88. The van der Waals surface area contributed by atoms with E-state index in [0.717, 1.165) is 11.4 Å². The second kappa shape index (κ2) is 3.99. The molecule has 1 saturated carbocycles. The van der Waals surface area contributed by atoms with E-state index in [1.54, 1.807) is 11.3 Å². The van der Waals surface area contributed by atoms with Gasteiger partial charge in [0.05, 0.1) is 11.7 Å². The van der Waals surface area contributed by atoms with Crippen molar-refractivity contribution in [3.8, 4) is 0 Å². The molecule has 0 bridgehead atoms. The lowest BCUT2D eigenvalue weighted by molar-refractivity contribution is 0.264. The number of aryl methyl sites for hydroxylation is 2. The van der Waals surface area contributed by atoms with Crippen molar-refractivity contribution in [2.45, 2.75) is 45.6 Å². The van der Waals surface area contributed by atoms with Crippen LogP contribution in [0.2, 0.25) is 0 Å². The lowest BCUT2D eigenvalue weighted by Gasteiger charge is -2.29. The summed E-state index contributed by atoms with van der Waals surface area (Å²) in [5.74, 6) is 0.699. The van der Waals surface area contributed by atoms with Crippen molar-refractivity contribution in [2.24, 2.45) is 11.7 Å². The van der Waals surface area contributed by atoms with Crippen molar-refractivity contribution in [1.82, 2.24) is 4.98 Å². The minimum absolute atomic E-state index is 0.202. The van der Waals surface area contributed by atoms with Crippen LogP contribution in [-0.2, 0) is 6.42 Å². The van der Waals surface area contributed by atoms with Crippen LogP contribution < -0.4 is 5.73 Å². The van der Waals surface area contributed by atoms with Gasteiger partial charge in [0.1, 0.15) is 5.01 Å². The van der Waals surface area contributed by atoms with Gasteiger partial charge in [0.2, 0.25) is 0 Å². The predicted octanol–water partition coefficient (Wildman–Crippen LogP) is 2.81.